The van der Waals surface area contributed by atoms with Crippen molar-refractivity contribution in [3.63, 3.8) is 0 Å². The van der Waals surface area contributed by atoms with Gasteiger partial charge in [0.2, 0.25) is 5.88 Å². The largest absolute Gasteiger partial charge is 0.481 e. The summed E-state index contributed by atoms with van der Waals surface area (Å²) in [4.78, 5) is 19.6. The highest BCUT2D eigenvalue weighted by Gasteiger charge is 2.20. The Balaban J connectivity index is 1.54. The molecule has 21 heavy (non-hydrogen) atoms. The highest BCUT2D eigenvalue weighted by Crippen LogP contribution is 2.23. The molecule has 2 aromatic heterocycles. The van der Waals surface area contributed by atoms with Crippen LogP contribution in [0.5, 0.6) is 5.88 Å². The monoisotopic (exact) mass is 303 g/mol. The number of fused-ring (bicyclic) bond motifs is 1. The van der Waals surface area contributed by atoms with Crippen LogP contribution in [0.1, 0.15) is 16.0 Å². The van der Waals surface area contributed by atoms with Gasteiger partial charge in [-0.05, 0) is 29.0 Å². The number of nitrogens with one attached hydrogen (secondary N) is 1. The lowest BCUT2D eigenvalue weighted by molar-refractivity contribution is 0.192. The Hall–Kier alpha value is -2.08. The van der Waals surface area contributed by atoms with Gasteiger partial charge in [0.05, 0.1) is 7.11 Å². The number of hydrogen-bond acceptors (Lipinski definition) is 4. The first-order valence-electron chi connectivity index (χ1n) is 6.83. The quantitative estimate of drug-likeness (QED) is 0.947. The molecule has 0 radical (unpaired) electrons. The van der Waals surface area contributed by atoms with E-state index in [1.807, 2.05) is 11.0 Å². The lowest BCUT2D eigenvalue weighted by atomic mass is 10.1. The molecule has 3 rings (SSSR count). The number of carbonyl (C=O) groups is 1. The first kappa shape index (κ1) is 13.9. The smallest absolute Gasteiger partial charge is 0.317 e. The Kier molecular flexibility index (Phi) is 4.06. The maximum atomic E-state index is 12.2. The highest BCUT2D eigenvalue weighted by atomic mass is 32.1. The first-order chi connectivity index (χ1) is 10.3. The fourth-order valence-electron chi connectivity index (χ4n) is 2.35. The minimum Gasteiger partial charge on any atom is -0.481 e. The lowest BCUT2D eigenvalue weighted by Gasteiger charge is -2.27. The zero-order chi connectivity index (χ0) is 14.7. The lowest BCUT2D eigenvalue weighted by Crippen LogP contribution is -2.42. The Morgan fingerprint density at radius 2 is 2.38 bits per heavy atom. The van der Waals surface area contributed by atoms with Crippen LogP contribution >= 0.6 is 11.3 Å². The number of thiophene rings is 1. The van der Waals surface area contributed by atoms with Crippen molar-refractivity contribution in [3.8, 4) is 5.88 Å². The number of pyridine rings is 1. The third-order valence-corrected chi connectivity index (χ3v) is 4.57. The van der Waals surface area contributed by atoms with Crippen LogP contribution in [-0.4, -0.2) is 29.6 Å². The molecule has 110 valence electrons. The van der Waals surface area contributed by atoms with E-state index in [9.17, 15) is 4.79 Å². The number of amides is 2. The molecule has 0 unspecified atom stereocenters. The van der Waals surface area contributed by atoms with Crippen LogP contribution < -0.4 is 10.1 Å². The van der Waals surface area contributed by atoms with Gasteiger partial charge < -0.3 is 15.0 Å². The molecule has 0 saturated carbocycles. The maximum absolute atomic E-state index is 12.2. The van der Waals surface area contributed by atoms with Crippen molar-refractivity contribution in [2.24, 2.45) is 0 Å². The maximum Gasteiger partial charge on any atom is 0.317 e. The molecule has 1 aliphatic rings. The van der Waals surface area contributed by atoms with Gasteiger partial charge in [0.25, 0.3) is 0 Å². The van der Waals surface area contributed by atoms with Crippen LogP contribution in [0, 0.1) is 0 Å². The van der Waals surface area contributed by atoms with E-state index >= 15 is 0 Å². The summed E-state index contributed by atoms with van der Waals surface area (Å²) in [5, 5.41) is 5.03. The van der Waals surface area contributed by atoms with Gasteiger partial charge >= 0.3 is 6.03 Å². The summed E-state index contributed by atoms with van der Waals surface area (Å²) in [6.45, 7) is 1.95. The fraction of sp³-hybridized carbons (Fsp3) is 0.333. The van der Waals surface area contributed by atoms with Crippen molar-refractivity contribution in [1.29, 1.82) is 0 Å². The summed E-state index contributed by atoms with van der Waals surface area (Å²) in [6, 6.07) is 5.77. The summed E-state index contributed by atoms with van der Waals surface area (Å²) in [6.07, 6.45) is 2.66. The zero-order valence-electron chi connectivity index (χ0n) is 11.8. The van der Waals surface area contributed by atoms with E-state index in [-0.39, 0.29) is 6.03 Å². The van der Waals surface area contributed by atoms with E-state index in [0.717, 1.165) is 18.5 Å². The number of nitrogens with zero attached hydrogens (tertiary/aromatic N) is 2. The van der Waals surface area contributed by atoms with Gasteiger partial charge in [0, 0.05) is 36.8 Å². The molecule has 1 N–H and O–H groups in total. The van der Waals surface area contributed by atoms with Crippen LogP contribution in [-0.2, 0) is 19.5 Å². The van der Waals surface area contributed by atoms with E-state index in [0.29, 0.717) is 19.0 Å². The van der Waals surface area contributed by atoms with Crippen molar-refractivity contribution in [2.45, 2.75) is 19.5 Å². The average Bonchev–Trinajstić information content (AvgIpc) is 3.00. The third-order valence-electron chi connectivity index (χ3n) is 3.55. The van der Waals surface area contributed by atoms with Crippen LogP contribution in [0.3, 0.4) is 0 Å². The minimum atomic E-state index is -0.0253. The second-order valence-corrected chi connectivity index (χ2v) is 5.91. The van der Waals surface area contributed by atoms with Crippen molar-refractivity contribution in [3.05, 3.63) is 45.8 Å². The Morgan fingerprint density at radius 3 is 3.14 bits per heavy atom. The standard InChI is InChI=1S/C15H17N3O2S/c1-20-14-3-2-11(8-16-14)9-17-15(19)18-6-4-13-12(10-18)5-7-21-13/h2-3,5,7-8H,4,6,9-10H2,1H3,(H,17,19). The van der Waals surface area contributed by atoms with Gasteiger partial charge in [0.1, 0.15) is 0 Å². The topological polar surface area (TPSA) is 54.5 Å². The van der Waals surface area contributed by atoms with E-state index in [4.69, 9.17) is 4.74 Å². The molecule has 3 heterocycles. The Labute approximate surface area is 127 Å². The number of methoxy groups -OCH3 is 1. The molecule has 2 aromatic rings. The van der Waals surface area contributed by atoms with Gasteiger partial charge in [0.15, 0.2) is 0 Å². The Bertz CT molecular complexity index is 624. The van der Waals surface area contributed by atoms with E-state index in [2.05, 4.69) is 21.7 Å². The average molecular weight is 303 g/mol. The molecule has 6 heteroatoms. The summed E-state index contributed by atoms with van der Waals surface area (Å²) in [5.74, 6) is 0.575. The first-order valence-corrected chi connectivity index (χ1v) is 7.71. The van der Waals surface area contributed by atoms with E-state index in [1.165, 1.54) is 10.4 Å². The van der Waals surface area contributed by atoms with Crippen LogP contribution in [0.25, 0.3) is 0 Å². The summed E-state index contributed by atoms with van der Waals surface area (Å²) >= 11 is 1.77. The number of aromatic nitrogens is 1. The second-order valence-electron chi connectivity index (χ2n) is 4.91. The molecule has 0 aliphatic carbocycles. The number of urea groups is 1. The number of carbonyl (C=O) groups excluding carboxylic acids is 1. The number of ether oxygens (including phenoxy) is 1. The molecule has 1 aliphatic heterocycles. The third kappa shape index (κ3) is 3.16. The number of rotatable bonds is 3. The molecule has 0 saturated heterocycles. The molecule has 0 aromatic carbocycles. The molecule has 2 amide bonds. The predicted octanol–water partition coefficient (Wildman–Crippen LogP) is 2.42. The number of hydrogen-bond donors (Lipinski definition) is 1. The van der Waals surface area contributed by atoms with Crippen molar-refractivity contribution in [1.82, 2.24) is 15.2 Å². The summed E-state index contributed by atoms with van der Waals surface area (Å²) in [7, 11) is 1.58. The van der Waals surface area contributed by atoms with Gasteiger partial charge in [-0.15, -0.1) is 11.3 Å². The van der Waals surface area contributed by atoms with E-state index < -0.39 is 0 Å². The van der Waals surface area contributed by atoms with Crippen molar-refractivity contribution < 1.29 is 9.53 Å². The molecule has 0 spiro atoms. The van der Waals surface area contributed by atoms with Crippen molar-refractivity contribution >= 4 is 17.4 Å². The highest BCUT2D eigenvalue weighted by molar-refractivity contribution is 7.10. The summed E-state index contributed by atoms with van der Waals surface area (Å²) < 4.78 is 5.01. The minimum absolute atomic E-state index is 0.0253. The summed E-state index contributed by atoms with van der Waals surface area (Å²) in [5.41, 5.74) is 2.23. The fourth-order valence-corrected chi connectivity index (χ4v) is 3.24. The molecule has 0 bridgehead atoms. The molecular formula is C15H17N3O2S. The Morgan fingerprint density at radius 1 is 1.48 bits per heavy atom. The van der Waals surface area contributed by atoms with Crippen LogP contribution in [0.2, 0.25) is 0 Å². The molecular weight excluding hydrogens is 286 g/mol. The molecule has 5 nitrogen and oxygen atoms in total. The van der Waals surface area contributed by atoms with Crippen LogP contribution in [0.15, 0.2) is 29.8 Å². The van der Waals surface area contributed by atoms with Crippen LogP contribution in [0.4, 0.5) is 4.79 Å². The van der Waals surface area contributed by atoms with Gasteiger partial charge in [-0.1, -0.05) is 6.07 Å². The van der Waals surface area contributed by atoms with Gasteiger partial charge in [-0.3, -0.25) is 0 Å². The normalized spacial score (nSPS) is 13.7. The SMILES string of the molecule is COc1ccc(CNC(=O)N2CCc3sccc3C2)cn1. The van der Waals surface area contributed by atoms with Gasteiger partial charge in [-0.2, -0.15) is 0 Å². The van der Waals surface area contributed by atoms with Crippen molar-refractivity contribution in [2.75, 3.05) is 13.7 Å². The molecule has 0 atom stereocenters. The predicted molar refractivity (Wildman–Crippen MR) is 81.5 cm³/mol. The molecule has 0 fully saturated rings. The van der Waals surface area contributed by atoms with Gasteiger partial charge in [-0.25, -0.2) is 9.78 Å². The van der Waals surface area contributed by atoms with E-state index in [1.54, 1.807) is 30.7 Å². The second kappa shape index (κ2) is 6.13. The zero-order valence-corrected chi connectivity index (χ0v) is 12.7.